The van der Waals surface area contributed by atoms with Gasteiger partial charge in [-0.1, -0.05) is 40.5 Å². The molecule has 0 saturated carbocycles. The Kier molecular flexibility index (Phi) is 9.67. The molecule has 19 heavy (non-hydrogen) atoms. The molecule has 116 valence electrons. The van der Waals surface area contributed by atoms with Crippen LogP contribution in [0.2, 0.25) is 0 Å². The average Bonchev–Trinajstić information content (AvgIpc) is 2.36. The topological polar surface area (TPSA) is 32.5 Å². The third-order valence-corrected chi connectivity index (χ3v) is 4.11. The maximum absolute atomic E-state index is 6.19. The van der Waals surface area contributed by atoms with Gasteiger partial charge in [0.05, 0.1) is 0 Å². The molecular weight excluding hydrogens is 234 g/mol. The molecular formula is C16H37N3. The number of nitrogens with zero attached hydrogens (tertiary/aromatic N) is 2. The van der Waals surface area contributed by atoms with Crippen molar-refractivity contribution in [2.45, 2.75) is 58.9 Å². The third-order valence-electron chi connectivity index (χ3n) is 4.11. The van der Waals surface area contributed by atoms with Gasteiger partial charge in [-0.05, 0) is 32.9 Å². The van der Waals surface area contributed by atoms with Crippen molar-refractivity contribution in [3.63, 3.8) is 0 Å². The molecule has 1 unspecified atom stereocenters. The van der Waals surface area contributed by atoms with E-state index in [1.807, 2.05) is 0 Å². The second-order valence-electron chi connectivity index (χ2n) is 6.53. The van der Waals surface area contributed by atoms with Crippen molar-refractivity contribution in [2.24, 2.45) is 11.7 Å². The third kappa shape index (κ3) is 6.73. The summed E-state index contributed by atoms with van der Waals surface area (Å²) in [5, 5.41) is 0. The van der Waals surface area contributed by atoms with Gasteiger partial charge in [-0.15, -0.1) is 0 Å². The number of hydrogen-bond acceptors (Lipinski definition) is 3. The van der Waals surface area contributed by atoms with Crippen LogP contribution in [0.4, 0.5) is 0 Å². The van der Waals surface area contributed by atoms with Crippen molar-refractivity contribution in [2.75, 3.05) is 40.3 Å². The summed E-state index contributed by atoms with van der Waals surface area (Å²) in [6.07, 6.45) is 4.92. The fourth-order valence-electron chi connectivity index (χ4n) is 2.72. The van der Waals surface area contributed by atoms with Crippen molar-refractivity contribution in [1.82, 2.24) is 9.80 Å². The first-order valence-electron chi connectivity index (χ1n) is 8.01. The lowest BCUT2D eigenvalue weighted by atomic mass is 9.87. The molecule has 0 radical (unpaired) electrons. The SMILES string of the molecule is CCCCC(CC)(CN)N(CCN(C)C)CC(C)C. The Morgan fingerprint density at radius 2 is 1.74 bits per heavy atom. The number of hydrogen-bond donors (Lipinski definition) is 1. The summed E-state index contributed by atoms with van der Waals surface area (Å²) < 4.78 is 0. The van der Waals surface area contributed by atoms with Crippen LogP contribution in [0.3, 0.4) is 0 Å². The fraction of sp³-hybridized carbons (Fsp3) is 1.00. The molecule has 2 N–H and O–H groups in total. The van der Waals surface area contributed by atoms with E-state index in [1.165, 1.54) is 19.3 Å². The molecule has 3 heteroatoms. The molecule has 1 atom stereocenters. The van der Waals surface area contributed by atoms with Gasteiger partial charge in [0.1, 0.15) is 0 Å². The Labute approximate surface area is 121 Å². The fourth-order valence-corrected chi connectivity index (χ4v) is 2.72. The summed E-state index contributed by atoms with van der Waals surface area (Å²) in [6.45, 7) is 13.3. The Balaban J connectivity index is 4.87. The first-order chi connectivity index (χ1) is 8.91. The van der Waals surface area contributed by atoms with Crippen LogP contribution in [-0.2, 0) is 0 Å². The highest BCUT2D eigenvalue weighted by atomic mass is 15.2. The lowest BCUT2D eigenvalue weighted by molar-refractivity contribution is 0.0596. The van der Waals surface area contributed by atoms with E-state index >= 15 is 0 Å². The van der Waals surface area contributed by atoms with Gasteiger partial charge in [0.25, 0.3) is 0 Å². The average molecular weight is 271 g/mol. The molecule has 0 amide bonds. The van der Waals surface area contributed by atoms with Crippen molar-refractivity contribution >= 4 is 0 Å². The summed E-state index contributed by atoms with van der Waals surface area (Å²) >= 11 is 0. The maximum atomic E-state index is 6.19. The Morgan fingerprint density at radius 1 is 1.11 bits per heavy atom. The summed E-state index contributed by atoms with van der Waals surface area (Å²) in [4.78, 5) is 4.93. The van der Waals surface area contributed by atoms with Gasteiger partial charge >= 0.3 is 0 Å². The summed E-state index contributed by atoms with van der Waals surface area (Å²) in [5.41, 5.74) is 6.39. The maximum Gasteiger partial charge on any atom is 0.0329 e. The quantitative estimate of drug-likeness (QED) is 0.627. The minimum Gasteiger partial charge on any atom is -0.329 e. The number of nitrogens with two attached hydrogens (primary N) is 1. The Morgan fingerprint density at radius 3 is 2.11 bits per heavy atom. The van der Waals surface area contributed by atoms with E-state index < -0.39 is 0 Å². The van der Waals surface area contributed by atoms with Gasteiger partial charge in [0, 0.05) is 31.7 Å². The lowest BCUT2D eigenvalue weighted by Gasteiger charge is -2.44. The van der Waals surface area contributed by atoms with Crippen LogP contribution in [-0.4, -0.2) is 55.6 Å². The van der Waals surface area contributed by atoms with E-state index in [2.05, 4.69) is 51.6 Å². The van der Waals surface area contributed by atoms with Gasteiger partial charge in [0.2, 0.25) is 0 Å². The normalized spacial score (nSPS) is 15.5. The molecule has 0 aliphatic heterocycles. The zero-order valence-corrected chi connectivity index (χ0v) is 14.2. The zero-order chi connectivity index (χ0) is 14.9. The highest BCUT2D eigenvalue weighted by Crippen LogP contribution is 2.26. The van der Waals surface area contributed by atoms with Crippen LogP contribution in [0, 0.1) is 5.92 Å². The van der Waals surface area contributed by atoms with Gasteiger partial charge in [-0.25, -0.2) is 0 Å². The molecule has 0 bridgehead atoms. The molecule has 0 saturated heterocycles. The molecule has 0 rings (SSSR count). The molecule has 0 heterocycles. The number of unbranched alkanes of at least 4 members (excludes halogenated alkanes) is 1. The van der Waals surface area contributed by atoms with E-state index in [4.69, 9.17) is 5.73 Å². The predicted octanol–water partition coefficient (Wildman–Crippen LogP) is 2.80. The Bertz CT molecular complexity index is 210. The van der Waals surface area contributed by atoms with Crippen LogP contribution in [0.5, 0.6) is 0 Å². The van der Waals surface area contributed by atoms with E-state index in [1.54, 1.807) is 0 Å². The number of likely N-dealkylation sites (N-methyl/N-ethyl adjacent to an activating group) is 1. The monoisotopic (exact) mass is 271 g/mol. The van der Waals surface area contributed by atoms with Crippen molar-refractivity contribution < 1.29 is 0 Å². The molecule has 0 aromatic carbocycles. The minimum atomic E-state index is 0.205. The molecule has 0 aliphatic rings. The minimum absolute atomic E-state index is 0.205. The first kappa shape index (κ1) is 18.9. The molecule has 3 nitrogen and oxygen atoms in total. The highest BCUT2D eigenvalue weighted by Gasteiger charge is 2.33. The molecule has 0 spiro atoms. The molecule has 0 fully saturated rings. The van der Waals surface area contributed by atoms with E-state index in [-0.39, 0.29) is 5.54 Å². The standard InChI is InChI=1S/C16H37N3/c1-7-9-10-16(8-2,14-17)19(13-15(3)4)12-11-18(5)6/h15H,7-14,17H2,1-6H3. The number of rotatable bonds is 11. The van der Waals surface area contributed by atoms with Gasteiger partial charge in [-0.3, -0.25) is 4.90 Å². The summed E-state index contributed by atoms with van der Waals surface area (Å²) in [5.74, 6) is 0.696. The van der Waals surface area contributed by atoms with Gasteiger partial charge < -0.3 is 10.6 Å². The predicted molar refractivity (Wildman–Crippen MR) is 86.6 cm³/mol. The summed E-state index contributed by atoms with van der Waals surface area (Å²) in [7, 11) is 4.30. The van der Waals surface area contributed by atoms with Crippen molar-refractivity contribution in [3.05, 3.63) is 0 Å². The highest BCUT2D eigenvalue weighted by molar-refractivity contribution is 4.91. The van der Waals surface area contributed by atoms with E-state index in [9.17, 15) is 0 Å². The van der Waals surface area contributed by atoms with Crippen LogP contribution >= 0.6 is 0 Å². The van der Waals surface area contributed by atoms with Crippen molar-refractivity contribution in [3.8, 4) is 0 Å². The largest absolute Gasteiger partial charge is 0.329 e. The second-order valence-corrected chi connectivity index (χ2v) is 6.53. The van der Waals surface area contributed by atoms with Crippen LogP contribution in [0.15, 0.2) is 0 Å². The Hall–Kier alpha value is -0.120. The van der Waals surface area contributed by atoms with Crippen LogP contribution in [0.25, 0.3) is 0 Å². The lowest BCUT2D eigenvalue weighted by Crippen LogP contribution is -2.56. The van der Waals surface area contributed by atoms with Crippen LogP contribution in [0.1, 0.15) is 53.4 Å². The van der Waals surface area contributed by atoms with E-state index in [0.29, 0.717) is 5.92 Å². The van der Waals surface area contributed by atoms with Crippen molar-refractivity contribution in [1.29, 1.82) is 0 Å². The smallest absolute Gasteiger partial charge is 0.0329 e. The molecule has 0 aromatic rings. The van der Waals surface area contributed by atoms with E-state index in [0.717, 1.165) is 32.6 Å². The van der Waals surface area contributed by atoms with Gasteiger partial charge in [-0.2, -0.15) is 0 Å². The zero-order valence-electron chi connectivity index (χ0n) is 14.2. The second kappa shape index (κ2) is 9.73. The molecule has 0 aliphatic carbocycles. The molecule has 0 aromatic heterocycles. The van der Waals surface area contributed by atoms with Gasteiger partial charge in [0.15, 0.2) is 0 Å². The first-order valence-corrected chi connectivity index (χ1v) is 8.01. The van der Waals surface area contributed by atoms with Crippen LogP contribution < -0.4 is 5.73 Å². The summed E-state index contributed by atoms with van der Waals surface area (Å²) in [6, 6.07) is 0.